The fourth-order valence-corrected chi connectivity index (χ4v) is 2.11. The number of halogens is 1. The van der Waals surface area contributed by atoms with Gasteiger partial charge >= 0.3 is 87.5 Å². The fourth-order valence-electron chi connectivity index (χ4n) is 0.967. The van der Waals surface area contributed by atoms with Crippen molar-refractivity contribution in [1.29, 1.82) is 0 Å². The van der Waals surface area contributed by atoms with Gasteiger partial charge in [0.05, 0.1) is 0 Å². The second kappa shape index (κ2) is 5.21. The Kier molecular flexibility index (Phi) is 4.21. The molecule has 0 fully saturated rings. The molecule has 0 aliphatic heterocycles. The topological polar surface area (TPSA) is 29.1 Å². The van der Waals surface area contributed by atoms with Gasteiger partial charge in [-0.15, -0.1) is 0 Å². The van der Waals surface area contributed by atoms with Crippen molar-refractivity contribution in [3.63, 3.8) is 0 Å². The molecule has 0 saturated heterocycles. The van der Waals surface area contributed by atoms with Crippen molar-refractivity contribution in [3.05, 3.63) is 29.8 Å². The van der Waals surface area contributed by atoms with Crippen LogP contribution in [0.15, 0.2) is 24.3 Å². The van der Waals surface area contributed by atoms with Gasteiger partial charge in [-0.1, -0.05) is 0 Å². The monoisotopic (exact) mass is 287 g/mol. The van der Waals surface area contributed by atoms with Gasteiger partial charge in [0.25, 0.3) is 0 Å². The molecule has 0 aliphatic carbocycles. The molecule has 1 N–H and O–H groups in total. The van der Waals surface area contributed by atoms with E-state index in [2.05, 4.69) is 5.32 Å². The Labute approximate surface area is 87.5 Å². The van der Waals surface area contributed by atoms with Crippen LogP contribution in [-0.2, 0) is 11.3 Å². The van der Waals surface area contributed by atoms with E-state index in [0.29, 0.717) is 6.54 Å². The Morgan fingerprint density at radius 3 is 3.00 bits per heavy atom. The fraction of sp³-hybridized carbons (Fsp3) is 0.222. The summed E-state index contributed by atoms with van der Waals surface area (Å²) in [7, 11) is 0. The molecule has 4 heteroatoms. The molecule has 1 aromatic carbocycles. The van der Waals surface area contributed by atoms with E-state index in [0.717, 1.165) is 9.14 Å². The molecule has 0 bridgehead atoms. The van der Waals surface area contributed by atoms with Crippen molar-refractivity contribution < 1.29 is 7.66 Å². The van der Waals surface area contributed by atoms with E-state index in [4.69, 9.17) is 0 Å². The molecule has 0 aliphatic rings. The number of hydrogen-bond acceptors (Lipinski definition) is 1. The number of benzene rings is 1. The first-order chi connectivity index (χ1) is 6.22. The van der Waals surface area contributed by atoms with Crippen LogP contribution in [0.25, 0.3) is 0 Å². The van der Waals surface area contributed by atoms with E-state index >= 15 is 0 Å². The molecule has 68 valence electrons. The Hall–Kier alpha value is -0.581. The SMILES string of the molecule is CC(=O)NCc1ccc[c]([Sn][F])c1. The van der Waals surface area contributed by atoms with Crippen molar-refractivity contribution in [2.45, 2.75) is 13.5 Å². The summed E-state index contributed by atoms with van der Waals surface area (Å²) >= 11 is -1.83. The second-order valence-corrected chi connectivity index (χ2v) is 4.89. The zero-order chi connectivity index (χ0) is 9.68. The van der Waals surface area contributed by atoms with Gasteiger partial charge in [0.15, 0.2) is 0 Å². The summed E-state index contributed by atoms with van der Waals surface area (Å²) in [5, 5.41) is 2.67. The predicted molar refractivity (Wildman–Crippen MR) is 50.5 cm³/mol. The molecule has 0 heterocycles. The molecule has 13 heavy (non-hydrogen) atoms. The van der Waals surface area contributed by atoms with Gasteiger partial charge in [-0.2, -0.15) is 0 Å². The zero-order valence-electron chi connectivity index (χ0n) is 7.30. The molecular weight excluding hydrogens is 276 g/mol. The van der Waals surface area contributed by atoms with Crippen molar-refractivity contribution in [1.82, 2.24) is 5.32 Å². The number of carbonyl (C=O) groups is 1. The van der Waals surface area contributed by atoms with Crippen molar-refractivity contribution in [2.75, 3.05) is 0 Å². The summed E-state index contributed by atoms with van der Waals surface area (Å²) in [5.74, 6) is -0.0642. The van der Waals surface area contributed by atoms with Crippen LogP contribution in [0.1, 0.15) is 12.5 Å². The van der Waals surface area contributed by atoms with Crippen LogP contribution in [0.4, 0.5) is 2.87 Å². The molecule has 2 nitrogen and oxygen atoms in total. The van der Waals surface area contributed by atoms with E-state index in [1.54, 1.807) is 6.07 Å². The summed E-state index contributed by atoms with van der Waals surface area (Å²) in [6, 6.07) is 7.33. The molecule has 0 spiro atoms. The normalized spacial score (nSPS) is 9.69. The Morgan fingerprint density at radius 2 is 2.38 bits per heavy atom. The van der Waals surface area contributed by atoms with E-state index in [9.17, 15) is 7.66 Å². The van der Waals surface area contributed by atoms with Gasteiger partial charge < -0.3 is 0 Å². The van der Waals surface area contributed by atoms with Crippen LogP contribution >= 0.6 is 0 Å². The number of nitrogens with one attached hydrogen (secondary N) is 1. The first-order valence-corrected chi connectivity index (χ1v) is 6.43. The van der Waals surface area contributed by atoms with E-state index in [1.165, 1.54) is 6.92 Å². The van der Waals surface area contributed by atoms with Crippen LogP contribution in [0.3, 0.4) is 0 Å². The molecular formula is C9H10FNOSn. The molecule has 2 radical (unpaired) electrons. The second-order valence-electron chi connectivity index (χ2n) is 2.70. The quantitative estimate of drug-likeness (QED) is 0.807. The number of carbonyl (C=O) groups excluding carboxylic acids is 1. The zero-order valence-corrected chi connectivity index (χ0v) is 10.2. The third kappa shape index (κ3) is 3.76. The van der Waals surface area contributed by atoms with Gasteiger partial charge in [-0.05, 0) is 0 Å². The molecule has 1 amide bonds. The van der Waals surface area contributed by atoms with Crippen molar-refractivity contribution >= 4 is 31.2 Å². The van der Waals surface area contributed by atoms with Gasteiger partial charge in [0, 0.05) is 0 Å². The van der Waals surface area contributed by atoms with Crippen LogP contribution in [0.2, 0.25) is 0 Å². The maximum atomic E-state index is 12.4. The average molecular weight is 286 g/mol. The number of amides is 1. The maximum absolute atomic E-state index is 12.4. The average Bonchev–Trinajstić information content (AvgIpc) is 2.15. The summed E-state index contributed by atoms with van der Waals surface area (Å²) in [6.07, 6.45) is 0. The first-order valence-electron chi connectivity index (χ1n) is 3.92. The van der Waals surface area contributed by atoms with Gasteiger partial charge in [-0.3, -0.25) is 0 Å². The summed E-state index contributed by atoms with van der Waals surface area (Å²) in [4.78, 5) is 10.6. The molecule has 0 saturated carbocycles. The standard InChI is InChI=1S/C9H10NO.FH.Sn/c1-8(11)10-7-9-5-3-2-4-6-9;;/h2-3,5-6H,7H2,1H3,(H,10,11);1H;/q;;+1/p-1. The van der Waals surface area contributed by atoms with Gasteiger partial charge in [0.2, 0.25) is 0 Å². The minimum absolute atomic E-state index is 0.0642. The molecule has 1 rings (SSSR count). The summed E-state index contributed by atoms with van der Waals surface area (Å²) < 4.78 is 13.2. The van der Waals surface area contributed by atoms with Crippen molar-refractivity contribution in [3.8, 4) is 0 Å². The third-order valence-electron chi connectivity index (χ3n) is 1.58. The molecule has 0 atom stereocenters. The Balaban J connectivity index is 2.61. The van der Waals surface area contributed by atoms with Crippen LogP contribution < -0.4 is 8.90 Å². The van der Waals surface area contributed by atoms with Crippen LogP contribution in [0.5, 0.6) is 0 Å². The minimum atomic E-state index is -1.83. The van der Waals surface area contributed by atoms with Crippen LogP contribution in [0, 0.1) is 0 Å². The van der Waals surface area contributed by atoms with E-state index < -0.39 is 21.7 Å². The van der Waals surface area contributed by atoms with Crippen molar-refractivity contribution in [2.24, 2.45) is 0 Å². The third-order valence-corrected chi connectivity index (χ3v) is 3.09. The summed E-state index contributed by atoms with van der Waals surface area (Å²) in [5.41, 5.74) is 0.964. The molecule has 1 aromatic rings. The summed E-state index contributed by atoms with van der Waals surface area (Å²) in [6.45, 7) is 1.96. The van der Waals surface area contributed by atoms with Crippen LogP contribution in [-0.4, -0.2) is 27.6 Å². The van der Waals surface area contributed by atoms with E-state index in [1.807, 2.05) is 18.2 Å². The molecule has 0 unspecified atom stereocenters. The predicted octanol–water partition coefficient (Wildman–Crippen LogP) is 0.537. The Morgan fingerprint density at radius 1 is 1.62 bits per heavy atom. The molecule has 0 aromatic heterocycles. The Bertz CT molecular complexity index is 303. The number of hydrogen-bond donors (Lipinski definition) is 1. The number of rotatable bonds is 3. The first kappa shape index (κ1) is 10.5. The van der Waals surface area contributed by atoms with Gasteiger partial charge in [-0.25, -0.2) is 0 Å². The van der Waals surface area contributed by atoms with Gasteiger partial charge in [0.1, 0.15) is 0 Å². The van der Waals surface area contributed by atoms with E-state index in [-0.39, 0.29) is 5.91 Å².